The second-order valence-electron chi connectivity index (χ2n) is 10.4. The number of aryl methyl sites for hydroxylation is 1. The predicted molar refractivity (Wildman–Crippen MR) is 162 cm³/mol. The Morgan fingerprint density at radius 2 is 1.93 bits per heavy atom. The molecule has 212 valence electrons. The molecule has 0 spiro atoms. The van der Waals surface area contributed by atoms with Crippen LogP contribution in [0.1, 0.15) is 24.0 Å². The van der Waals surface area contributed by atoms with Crippen molar-refractivity contribution in [3.63, 3.8) is 0 Å². The Kier molecular flexibility index (Phi) is 8.00. The summed E-state index contributed by atoms with van der Waals surface area (Å²) in [5.41, 5.74) is 3.60. The van der Waals surface area contributed by atoms with E-state index in [9.17, 15) is 9.18 Å². The van der Waals surface area contributed by atoms with Crippen molar-refractivity contribution in [2.45, 2.75) is 32.2 Å². The summed E-state index contributed by atoms with van der Waals surface area (Å²) in [7, 11) is 0. The average molecular weight is 563 g/mol. The highest BCUT2D eigenvalue weighted by atomic mass is 19.1. The van der Waals surface area contributed by atoms with Crippen LogP contribution in [0.5, 0.6) is 11.6 Å². The first-order valence-electron chi connectivity index (χ1n) is 14.0. The molecule has 0 radical (unpaired) electrons. The molecule has 2 aromatic heterocycles. The molecule has 1 aliphatic rings. The number of ether oxygens (including phenoxy) is 1. The molecule has 3 N–H and O–H groups in total. The van der Waals surface area contributed by atoms with Gasteiger partial charge < -0.3 is 20.7 Å². The highest BCUT2D eigenvalue weighted by Gasteiger charge is 2.18. The smallest absolute Gasteiger partial charge is 0.228 e. The maximum absolute atomic E-state index is 13.6. The minimum Gasteiger partial charge on any atom is -0.437 e. The van der Waals surface area contributed by atoms with E-state index in [0.717, 1.165) is 47.8 Å². The van der Waals surface area contributed by atoms with Gasteiger partial charge in [0.25, 0.3) is 0 Å². The fourth-order valence-corrected chi connectivity index (χ4v) is 5.21. The summed E-state index contributed by atoms with van der Waals surface area (Å²) in [6, 6.07) is 21.5. The normalized spacial score (nSPS) is 14.9. The third-order valence-electron chi connectivity index (χ3n) is 7.27. The largest absolute Gasteiger partial charge is 0.437 e. The van der Waals surface area contributed by atoms with Gasteiger partial charge in [-0.2, -0.15) is 0 Å². The van der Waals surface area contributed by atoms with Crippen LogP contribution >= 0.6 is 0 Å². The number of carbonyl (C=O) groups is 1. The van der Waals surface area contributed by atoms with E-state index in [1.165, 1.54) is 12.1 Å². The molecule has 0 saturated carbocycles. The van der Waals surface area contributed by atoms with Crippen molar-refractivity contribution in [3.05, 3.63) is 102 Å². The van der Waals surface area contributed by atoms with Crippen LogP contribution in [0.15, 0.2) is 85.2 Å². The third kappa shape index (κ3) is 6.21. The number of nitrogens with zero attached hydrogens (tertiary/aromatic N) is 3. The first-order chi connectivity index (χ1) is 20.5. The number of benzene rings is 3. The first kappa shape index (κ1) is 27.3. The number of aromatic nitrogens is 3. The molecule has 9 heteroatoms. The standard InChI is InChI=1S/C33H31FN6O2/c1-21-12-13-25-26(9-3-11-28(25)39-30(41)19-22-6-2-7-23(34)18-22)31(21)42-32-27(10-5-16-36-32)29-14-17-37-33(40-29)38-24-8-4-15-35-20-24/h2-3,5-7,9-14,16-18,24,35H,4,8,15,19-20H2,1H3,(H,39,41)(H,37,38,40). The second-order valence-corrected chi connectivity index (χ2v) is 10.4. The maximum atomic E-state index is 13.6. The first-order valence-corrected chi connectivity index (χ1v) is 14.0. The van der Waals surface area contributed by atoms with Gasteiger partial charge in [-0.15, -0.1) is 0 Å². The van der Waals surface area contributed by atoms with E-state index in [1.54, 1.807) is 24.5 Å². The van der Waals surface area contributed by atoms with Crippen LogP contribution in [-0.2, 0) is 11.2 Å². The molecule has 42 heavy (non-hydrogen) atoms. The lowest BCUT2D eigenvalue weighted by Gasteiger charge is -2.23. The lowest BCUT2D eigenvalue weighted by molar-refractivity contribution is -0.115. The fraction of sp³-hybridized carbons (Fsp3) is 0.212. The number of halogens is 1. The minimum absolute atomic E-state index is 0.0632. The molecule has 8 nitrogen and oxygen atoms in total. The molecule has 1 atom stereocenters. The second kappa shape index (κ2) is 12.3. The number of amides is 1. The molecular formula is C33H31FN6O2. The number of piperidine rings is 1. The molecule has 1 saturated heterocycles. The quantitative estimate of drug-likeness (QED) is 0.205. The van der Waals surface area contributed by atoms with Crippen molar-refractivity contribution < 1.29 is 13.9 Å². The lowest BCUT2D eigenvalue weighted by atomic mass is 10.0. The molecule has 1 amide bonds. The summed E-state index contributed by atoms with van der Waals surface area (Å²) in [6.07, 6.45) is 5.66. The molecular weight excluding hydrogens is 531 g/mol. The van der Waals surface area contributed by atoms with Gasteiger partial charge >= 0.3 is 0 Å². The summed E-state index contributed by atoms with van der Waals surface area (Å²) < 4.78 is 20.1. The number of hydrogen-bond donors (Lipinski definition) is 3. The van der Waals surface area contributed by atoms with Gasteiger partial charge in [0.1, 0.15) is 11.6 Å². The van der Waals surface area contributed by atoms with Crippen molar-refractivity contribution in [2.24, 2.45) is 0 Å². The molecule has 1 fully saturated rings. The number of rotatable bonds is 8. The molecule has 1 aliphatic heterocycles. The van der Waals surface area contributed by atoms with Crippen LogP contribution in [-0.4, -0.2) is 40.0 Å². The van der Waals surface area contributed by atoms with Crippen molar-refractivity contribution in [1.82, 2.24) is 20.3 Å². The van der Waals surface area contributed by atoms with Gasteiger partial charge in [-0.05, 0) is 73.8 Å². The number of fused-ring (bicyclic) bond motifs is 1. The van der Waals surface area contributed by atoms with Crippen molar-refractivity contribution in [2.75, 3.05) is 23.7 Å². The number of pyridine rings is 1. The molecule has 5 aromatic rings. The summed E-state index contributed by atoms with van der Waals surface area (Å²) in [5, 5.41) is 11.5. The van der Waals surface area contributed by atoms with Gasteiger partial charge in [-0.25, -0.2) is 19.3 Å². The maximum Gasteiger partial charge on any atom is 0.228 e. The van der Waals surface area contributed by atoms with Crippen LogP contribution in [0, 0.1) is 12.7 Å². The molecule has 0 bridgehead atoms. The average Bonchev–Trinajstić information content (AvgIpc) is 2.99. The van der Waals surface area contributed by atoms with Crippen molar-refractivity contribution in [1.29, 1.82) is 0 Å². The lowest BCUT2D eigenvalue weighted by Crippen LogP contribution is -2.38. The van der Waals surface area contributed by atoms with E-state index in [4.69, 9.17) is 9.72 Å². The summed E-state index contributed by atoms with van der Waals surface area (Å²) >= 11 is 0. The van der Waals surface area contributed by atoms with Crippen molar-refractivity contribution >= 4 is 28.3 Å². The Morgan fingerprint density at radius 3 is 2.79 bits per heavy atom. The van der Waals surface area contributed by atoms with E-state index in [2.05, 4.69) is 25.9 Å². The van der Waals surface area contributed by atoms with Crippen molar-refractivity contribution in [3.8, 4) is 22.9 Å². The van der Waals surface area contributed by atoms with Gasteiger partial charge in [0.2, 0.25) is 17.7 Å². The van der Waals surface area contributed by atoms with E-state index >= 15 is 0 Å². The van der Waals surface area contributed by atoms with E-state index in [0.29, 0.717) is 34.5 Å². The van der Waals surface area contributed by atoms with Gasteiger partial charge in [-0.1, -0.05) is 36.4 Å². The third-order valence-corrected chi connectivity index (χ3v) is 7.27. The fourth-order valence-electron chi connectivity index (χ4n) is 5.21. The highest BCUT2D eigenvalue weighted by Crippen LogP contribution is 2.38. The van der Waals surface area contributed by atoms with Gasteiger partial charge in [0.15, 0.2) is 0 Å². The Morgan fingerprint density at radius 1 is 1.02 bits per heavy atom. The van der Waals surface area contributed by atoms with Crippen LogP contribution in [0.25, 0.3) is 22.0 Å². The number of carbonyl (C=O) groups excluding carboxylic acids is 1. The van der Waals surface area contributed by atoms with E-state index in [-0.39, 0.29) is 24.2 Å². The summed E-state index contributed by atoms with van der Waals surface area (Å²) in [4.78, 5) is 26.6. The van der Waals surface area contributed by atoms with E-state index in [1.807, 2.05) is 55.5 Å². The zero-order valence-electron chi connectivity index (χ0n) is 23.2. The Bertz CT molecular complexity index is 1740. The molecule has 6 rings (SSSR count). The van der Waals surface area contributed by atoms with E-state index < -0.39 is 0 Å². The molecule has 0 aliphatic carbocycles. The predicted octanol–water partition coefficient (Wildman–Crippen LogP) is 6.28. The zero-order valence-corrected chi connectivity index (χ0v) is 23.2. The Hall–Kier alpha value is -4.89. The van der Waals surface area contributed by atoms with Crippen LogP contribution in [0.2, 0.25) is 0 Å². The zero-order chi connectivity index (χ0) is 28.9. The number of hydrogen-bond acceptors (Lipinski definition) is 7. The Labute approximate surface area is 243 Å². The summed E-state index contributed by atoms with van der Waals surface area (Å²) in [5.74, 6) is 1.01. The summed E-state index contributed by atoms with van der Waals surface area (Å²) in [6.45, 7) is 3.88. The Balaban J connectivity index is 1.28. The van der Waals surface area contributed by atoms with Gasteiger partial charge in [0, 0.05) is 41.4 Å². The molecule has 3 aromatic carbocycles. The number of nitrogens with one attached hydrogen (secondary N) is 3. The van der Waals surface area contributed by atoms with Crippen LogP contribution in [0.4, 0.5) is 16.0 Å². The molecule has 3 heterocycles. The van der Waals surface area contributed by atoms with Crippen LogP contribution < -0.4 is 20.7 Å². The molecule has 1 unspecified atom stereocenters. The SMILES string of the molecule is Cc1ccc2c(NC(=O)Cc3cccc(F)c3)cccc2c1Oc1ncccc1-c1ccnc(NC2CCCNC2)n1. The minimum atomic E-state index is -0.368. The monoisotopic (exact) mass is 562 g/mol. The van der Waals surface area contributed by atoms with Gasteiger partial charge in [0.05, 0.1) is 17.7 Å². The van der Waals surface area contributed by atoms with Gasteiger partial charge in [-0.3, -0.25) is 4.79 Å². The van der Waals surface area contributed by atoms with Crippen LogP contribution in [0.3, 0.4) is 0 Å². The topological polar surface area (TPSA) is 101 Å². The highest BCUT2D eigenvalue weighted by molar-refractivity contribution is 6.05. The number of anilines is 2.